The van der Waals surface area contributed by atoms with Crippen LogP contribution in [0.4, 0.5) is 5.69 Å². The van der Waals surface area contributed by atoms with Crippen LogP contribution in [0.5, 0.6) is 0 Å². The largest absolute Gasteiger partial charge is 0.384 e. The molecular formula is C20H24N4OS. The average molecular weight is 369 g/mol. The predicted molar refractivity (Wildman–Crippen MR) is 105 cm³/mol. The molecule has 0 spiro atoms. The zero-order valence-corrected chi connectivity index (χ0v) is 16.1. The fourth-order valence-corrected chi connectivity index (χ4v) is 3.92. The maximum Gasteiger partial charge on any atom is 0.159 e. The number of nitrogens with zero attached hydrogens (tertiary/aromatic N) is 3. The maximum absolute atomic E-state index is 11.6. The van der Waals surface area contributed by atoms with E-state index in [1.165, 1.54) is 5.69 Å². The minimum absolute atomic E-state index is 0.0168. The van der Waals surface area contributed by atoms with Crippen LogP contribution >= 0.6 is 11.3 Å². The van der Waals surface area contributed by atoms with E-state index >= 15 is 0 Å². The predicted octanol–water partition coefficient (Wildman–Crippen LogP) is 3.85. The molecule has 1 N–H and O–H groups in total. The summed E-state index contributed by atoms with van der Waals surface area (Å²) in [7, 11) is 0. The molecule has 0 amide bonds. The number of aromatic nitrogens is 1. The zero-order chi connectivity index (χ0) is 18.5. The van der Waals surface area contributed by atoms with Crippen molar-refractivity contribution in [2.45, 2.75) is 33.2 Å². The molecule has 26 heavy (non-hydrogen) atoms. The number of hydrogen-bond acceptors (Lipinski definition) is 6. The van der Waals surface area contributed by atoms with Crippen molar-refractivity contribution in [3.05, 3.63) is 45.4 Å². The summed E-state index contributed by atoms with van der Waals surface area (Å²) >= 11 is 1.71. The van der Waals surface area contributed by atoms with E-state index in [-0.39, 0.29) is 5.78 Å². The van der Waals surface area contributed by atoms with Crippen LogP contribution in [0.2, 0.25) is 0 Å². The number of ketones is 1. The molecule has 1 aliphatic rings. The first-order valence-electron chi connectivity index (χ1n) is 8.97. The molecule has 0 bridgehead atoms. The lowest BCUT2D eigenvalue weighted by molar-refractivity contribution is 0.101. The molecule has 1 aromatic heterocycles. The number of carbonyl (C=O) groups excluding carboxylic acids is 1. The van der Waals surface area contributed by atoms with E-state index in [0.29, 0.717) is 17.0 Å². The van der Waals surface area contributed by atoms with Crippen molar-refractivity contribution in [3.8, 4) is 6.07 Å². The lowest BCUT2D eigenvalue weighted by Crippen LogP contribution is -2.35. The average Bonchev–Trinajstić information content (AvgIpc) is 3.05. The fourth-order valence-electron chi connectivity index (χ4n) is 3.32. The number of hydrogen-bond donors (Lipinski definition) is 1. The van der Waals surface area contributed by atoms with Gasteiger partial charge in [0.1, 0.15) is 6.07 Å². The standard InChI is InChI=1S/C20H24N4OS/c1-14(25)17-3-4-18(10-21)20(9-17)22-11-16-5-7-24(8-6-16)12-19-13-26-15(2)23-19/h3-4,9,13,16,22H,5-8,11-12H2,1-2H3. The van der Waals surface area contributed by atoms with Gasteiger partial charge in [-0.05, 0) is 63.9 Å². The number of anilines is 1. The lowest BCUT2D eigenvalue weighted by atomic mass is 9.96. The second kappa shape index (κ2) is 8.43. The lowest BCUT2D eigenvalue weighted by Gasteiger charge is -2.31. The quantitative estimate of drug-likeness (QED) is 0.784. The Kier molecular flexibility index (Phi) is 6.02. The van der Waals surface area contributed by atoms with Gasteiger partial charge in [0.2, 0.25) is 0 Å². The Morgan fingerprint density at radius 1 is 1.42 bits per heavy atom. The maximum atomic E-state index is 11.6. The summed E-state index contributed by atoms with van der Waals surface area (Å²) in [5.74, 6) is 0.596. The number of likely N-dealkylation sites (tertiary alicyclic amines) is 1. The van der Waals surface area contributed by atoms with E-state index in [2.05, 4.69) is 26.6 Å². The summed E-state index contributed by atoms with van der Waals surface area (Å²) in [5.41, 5.74) is 3.16. The Hall–Kier alpha value is -2.23. The fraction of sp³-hybridized carbons (Fsp3) is 0.450. The summed E-state index contributed by atoms with van der Waals surface area (Å²) in [6.45, 7) is 7.50. The highest BCUT2D eigenvalue weighted by atomic mass is 32.1. The third kappa shape index (κ3) is 4.69. The van der Waals surface area contributed by atoms with Crippen LogP contribution in [-0.2, 0) is 6.54 Å². The van der Waals surface area contributed by atoms with Crippen LogP contribution in [0.1, 0.15) is 46.4 Å². The molecule has 0 aliphatic carbocycles. The Labute approximate surface area is 158 Å². The summed E-state index contributed by atoms with van der Waals surface area (Å²) in [6, 6.07) is 7.42. The van der Waals surface area contributed by atoms with Gasteiger partial charge in [-0.1, -0.05) is 0 Å². The van der Waals surface area contributed by atoms with Crippen molar-refractivity contribution in [3.63, 3.8) is 0 Å². The van der Waals surface area contributed by atoms with Crippen molar-refractivity contribution >= 4 is 22.8 Å². The van der Waals surface area contributed by atoms with E-state index in [1.807, 2.05) is 6.92 Å². The van der Waals surface area contributed by atoms with Crippen molar-refractivity contribution in [2.75, 3.05) is 25.0 Å². The van der Waals surface area contributed by atoms with Crippen molar-refractivity contribution in [1.29, 1.82) is 5.26 Å². The molecule has 1 fully saturated rings. The molecule has 5 nitrogen and oxygen atoms in total. The molecule has 3 rings (SSSR count). The molecule has 2 aromatic rings. The zero-order valence-electron chi connectivity index (χ0n) is 15.3. The number of thiazole rings is 1. The minimum Gasteiger partial charge on any atom is -0.384 e. The van der Waals surface area contributed by atoms with Gasteiger partial charge in [0.25, 0.3) is 0 Å². The minimum atomic E-state index is 0.0168. The van der Waals surface area contributed by atoms with Gasteiger partial charge in [0.15, 0.2) is 5.78 Å². The first-order valence-corrected chi connectivity index (χ1v) is 9.85. The molecule has 1 saturated heterocycles. The number of Topliss-reactive ketones (excluding diaryl/α,β-unsaturated/α-hetero) is 1. The van der Waals surface area contributed by atoms with Gasteiger partial charge < -0.3 is 5.32 Å². The summed E-state index contributed by atoms with van der Waals surface area (Å²) in [4.78, 5) is 18.6. The molecule has 2 heterocycles. The Balaban J connectivity index is 1.51. The van der Waals surface area contributed by atoms with Crippen LogP contribution in [-0.4, -0.2) is 35.3 Å². The van der Waals surface area contributed by atoms with E-state index in [4.69, 9.17) is 0 Å². The van der Waals surface area contributed by atoms with E-state index in [0.717, 1.165) is 49.7 Å². The normalized spacial score (nSPS) is 15.6. The Bertz CT molecular complexity index is 815. The summed E-state index contributed by atoms with van der Waals surface area (Å²) in [5, 5.41) is 15.9. The van der Waals surface area contributed by atoms with Gasteiger partial charge in [-0.3, -0.25) is 9.69 Å². The monoisotopic (exact) mass is 368 g/mol. The molecule has 0 atom stereocenters. The highest BCUT2D eigenvalue weighted by Crippen LogP contribution is 2.22. The van der Waals surface area contributed by atoms with Crippen LogP contribution in [0, 0.1) is 24.2 Å². The Morgan fingerprint density at radius 2 is 2.19 bits per heavy atom. The van der Waals surface area contributed by atoms with Crippen LogP contribution in [0.25, 0.3) is 0 Å². The summed E-state index contributed by atoms with van der Waals surface area (Å²) < 4.78 is 0. The van der Waals surface area contributed by atoms with E-state index < -0.39 is 0 Å². The number of piperidine rings is 1. The molecule has 1 aliphatic heterocycles. The van der Waals surface area contributed by atoms with Crippen LogP contribution < -0.4 is 5.32 Å². The number of aryl methyl sites for hydroxylation is 1. The van der Waals surface area contributed by atoms with Crippen LogP contribution in [0.15, 0.2) is 23.6 Å². The third-order valence-corrected chi connectivity index (χ3v) is 5.71. The van der Waals surface area contributed by atoms with Crippen molar-refractivity contribution < 1.29 is 4.79 Å². The number of benzene rings is 1. The van der Waals surface area contributed by atoms with Crippen molar-refractivity contribution in [1.82, 2.24) is 9.88 Å². The number of nitriles is 1. The van der Waals surface area contributed by atoms with Gasteiger partial charge >= 0.3 is 0 Å². The first kappa shape index (κ1) is 18.6. The van der Waals surface area contributed by atoms with E-state index in [9.17, 15) is 10.1 Å². The SMILES string of the molecule is CC(=O)c1ccc(C#N)c(NCC2CCN(Cc3csc(C)n3)CC2)c1. The third-order valence-electron chi connectivity index (χ3n) is 4.89. The molecule has 0 saturated carbocycles. The number of rotatable bonds is 6. The van der Waals surface area contributed by atoms with Gasteiger partial charge in [-0.25, -0.2) is 4.98 Å². The smallest absolute Gasteiger partial charge is 0.159 e. The van der Waals surface area contributed by atoms with Crippen molar-refractivity contribution in [2.24, 2.45) is 5.92 Å². The number of carbonyl (C=O) groups is 1. The molecule has 0 radical (unpaired) electrons. The van der Waals surface area contributed by atoms with Gasteiger partial charge in [-0.15, -0.1) is 11.3 Å². The van der Waals surface area contributed by atoms with Gasteiger partial charge in [0.05, 0.1) is 22.0 Å². The van der Waals surface area contributed by atoms with Gasteiger partial charge in [-0.2, -0.15) is 5.26 Å². The highest BCUT2D eigenvalue weighted by molar-refractivity contribution is 7.09. The second-order valence-corrected chi connectivity index (χ2v) is 7.95. The topological polar surface area (TPSA) is 69.0 Å². The van der Waals surface area contributed by atoms with Gasteiger partial charge in [0, 0.05) is 24.0 Å². The molecular weight excluding hydrogens is 344 g/mol. The molecule has 1 aromatic carbocycles. The first-order chi connectivity index (χ1) is 12.5. The van der Waals surface area contributed by atoms with Crippen LogP contribution in [0.3, 0.4) is 0 Å². The summed E-state index contributed by atoms with van der Waals surface area (Å²) in [6.07, 6.45) is 2.26. The molecule has 6 heteroatoms. The molecule has 136 valence electrons. The number of nitrogens with one attached hydrogen (secondary N) is 1. The molecule has 0 unspecified atom stereocenters. The van der Waals surface area contributed by atoms with E-state index in [1.54, 1.807) is 36.5 Å². The Morgan fingerprint density at radius 3 is 2.81 bits per heavy atom. The second-order valence-electron chi connectivity index (χ2n) is 6.89. The highest BCUT2D eigenvalue weighted by Gasteiger charge is 2.20.